The first kappa shape index (κ1) is 20.1. The van der Waals surface area contributed by atoms with E-state index in [0.717, 1.165) is 0 Å². The van der Waals surface area contributed by atoms with Crippen LogP contribution in [0.1, 0.15) is 24.2 Å². The Morgan fingerprint density at radius 1 is 1.08 bits per heavy atom. The first-order valence-corrected chi connectivity index (χ1v) is 9.71. The molecule has 1 N–H and O–H groups in total. The van der Waals surface area contributed by atoms with Gasteiger partial charge >= 0.3 is 0 Å². The Balaban J connectivity index is 2.10. The Kier molecular flexibility index (Phi) is 6.52. The highest BCUT2D eigenvalue weighted by molar-refractivity contribution is 7.89. The topological polar surface area (TPSA) is 83.6 Å². The Bertz CT molecular complexity index is 911. The molecule has 138 valence electrons. The van der Waals surface area contributed by atoms with Gasteiger partial charge in [0.1, 0.15) is 0 Å². The molecular formula is C18H19ClN2O4S. The zero-order valence-corrected chi connectivity index (χ0v) is 16.0. The minimum Gasteiger partial charge on any atom is -0.311 e. The summed E-state index contributed by atoms with van der Waals surface area (Å²) in [7, 11) is -3.70. The molecule has 0 atom stereocenters. The van der Waals surface area contributed by atoms with E-state index < -0.39 is 10.0 Å². The second-order valence-electron chi connectivity index (χ2n) is 5.63. The molecule has 2 rings (SSSR count). The van der Waals surface area contributed by atoms with Crippen LogP contribution in [0.25, 0.3) is 0 Å². The fourth-order valence-corrected chi connectivity index (χ4v) is 3.50. The minimum absolute atomic E-state index is 0.0227. The van der Waals surface area contributed by atoms with Crippen molar-refractivity contribution in [3.63, 3.8) is 0 Å². The van der Waals surface area contributed by atoms with Crippen LogP contribution < -0.4 is 9.62 Å². The molecular weight excluding hydrogens is 376 g/mol. The summed E-state index contributed by atoms with van der Waals surface area (Å²) in [6.07, 6.45) is 0. The zero-order chi connectivity index (χ0) is 19.3. The first-order chi connectivity index (χ1) is 12.2. The van der Waals surface area contributed by atoms with Crippen molar-refractivity contribution in [1.82, 2.24) is 4.72 Å². The number of amides is 1. The molecule has 0 radical (unpaired) electrons. The number of carbonyl (C=O) groups excluding carboxylic acids is 2. The number of hydrogen-bond acceptors (Lipinski definition) is 4. The average Bonchev–Trinajstić information content (AvgIpc) is 2.59. The van der Waals surface area contributed by atoms with Crippen molar-refractivity contribution in [2.75, 3.05) is 18.0 Å². The van der Waals surface area contributed by atoms with E-state index in [9.17, 15) is 18.0 Å². The maximum absolute atomic E-state index is 12.3. The second kappa shape index (κ2) is 8.44. The van der Waals surface area contributed by atoms with E-state index in [4.69, 9.17) is 11.6 Å². The van der Waals surface area contributed by atoms with Crippen molar-refractivity contribution in [1.29, 1.82) is 0 Å². The number of sulfonamides is 1. The number of hydrogen-bond donors (Lipinski definition) is 1. The van der Waals surface area contributed by atoms with Crippen LogP contribution >= 0.6 is 11.6 Å². The van der Waals surface area contributed by atoms with Crippen LogP contribution in [-0.2, 0) is 14.8 Å². The van der Waals surface area contributed by atoms with Crippen molar-refractivity contribution < 1.29 is 18.0 Å². The normalized spacial score (nSPS) is 11.2. The quantitative estimate of drug-likeness (QED) is 0.732. The van der Waals surface area contributed by atoms with Crippen molar-refractivity contribution in [3.05, 3.63) is 59.1 Å². The van der Waals surface area contributed by atoms with Gasteiger partial charge < -0.3 is 4.90 Å². The second-order valence-corrected chi connectivity index (χ2v) is 7.83. The van der Waals surface area contributed by atoms with Gasteiger partial charge in [-0.25, -0.2) is 13.1 Å². The average molecular weight is 395 g/mol. The van der Waals surface area contributed by atoms with Gasteiger partial charge in [-0.3, -0.25) is 9.59 Å². The Morgan fingerprint density at radius 3 is 2.31 bits per heavy atom. The molecule has 0 bridgehead atoms. The molecule has 2 aromatic carbocycles. The summed E-state index contributed by atoms with van der Waals surface area (Å²) >= 11 is 5.76. The summed E-state index contributed by atoms with van der Waals surface area (Å²) in [4.78, 5) is 25.0. The molecule has 0 saturated heterocycles. The van der Waals surface area contributed by atoms with Gasteiger partial charge in [0.05, 0.1) is 4.90 Å². The fraction of sp³-hybridized carbons (Fsp3) is 0.222. The lowest BCUT2D eigenvalue weighted by Gasteiger charge is -2.22. The third-order valence-corrected chi connectivity index (χ3v) is 5.42. The Labute approximate surface area is 157 Å². The molecule has 0 aliphatic heterocycles. The van der Waals surface area contributed by atoms with Gasteiger partial charge in [-0.2, -0.15) is 0 Å². The van der Waals surface area contributed by atoms with E-state index in [1.54, 1.807) is 24.3 Å². The fourth-order valence-electron chi connectivity index (χ4n) is 2.35. The molecule has 0 aromatic heterocycles. The molecule has 0 spiro atoms. The summed E-state index contributed by atoms with van der Waals surface area (Å²) in [5, 5.41) is 0.442. The minimum atomic E-state index is -3.70. The third kappa shape index (κ3) is 5.14. The van der Waals surface area contributed by atoms with Crippen molar-refractivity contribution >= 4 is 39.0 Å². The molecule has 2 aromatic rings. The van der Waals surface area contributed by atoms with E-state index in [2.05, 4.69) is 4.72 Å². The van der Waals surface area contributed by atoms with E-state index in [-0.39, 0.29) is 29.7 Å². The van der Waals surface area contributed by atoms with Crippen LogP contribution in [0.2, 0.25) is 5.02 Å². The Hall–Kier alpha value is -2.22. The molecule has 0 heterocycles. The van der Waals surface area contributed by atoms with Crippen molar-refractivity contribution in [2.24, 2.45) is 0 Å². The molecule has 6 nitrogen and oxygen atoms in total. The number of nitrogens with one attached hydrogen (secondary N) is 1. The number of benzene rings is 2. The predicted molar refractivity (Wildman–Crippen MR) is 101 cm³/mol. The van der Waals surface area contributed by atoms with Gasteiger partial charge in [0.2, 0.25) is 15.9 Å². The van der Waals surface area contributed by atoms with Crippen molar-refractivity contribution in [3.8, 4) is 0 Å². The van der Waals surface area contributed by atoms with E-state index >= 15 is 0 Å². The molecule has 26 heavy (non-hydrogen) atoms. The highest BCUT2D eigenvalue weighted by Crippen LogP contribution is 2.17. The molecule has 0 unspecified atom stereocenters. The van der Waals surface area contributed by atoms with E-state index in [0.29, 0.717) is 16.3 Å². The molecule has 0 aliphatic rings. The summed E-state index contributed by atoms with van der Waals surface area (Å²) in [5.41, 5.74) is 1.02. The van der Waals surface area contributed by atoms with E-state index in [1.807, 2.05) is 0 Å². The van der Waals surface area contributed by atoms with Crippen LogP contribution in [0, 0.1) is 0 Å². The van der Waals surface area contributed by atoms with Gasteiger partial charge in [0.15, 0.2) is 5.78 Å². The first-order valence-electron chi connectivity index (χ1n) is 7.85. The third-order valence-electron chi connectivity index (χ3n) is 3.70. The molecule has 8 heteroatoms. The zero-order valence-electron chi connectivity index (χ0n) is 14.4. The number of ketones is 1. The van der Waals surface area contributed by atoms with E-state index in [1.165, 1.54) is 43.0 Å². The van der Waals surface area contributed by atoms with Gasteiger partial charge in [-0.1, -0.05) is 23.7 Å². The monoisotopic (exact) mass is 394 g/mol. The Morgan fingerprint density at radius 2 is 1.73 bits per heavy atom. The summed E-state index contributed by atoms with van der Waals surface area (Å²) in [6.45, 7) is 2.98. The summed E-state index contributed by atoms with van der Waals surface area (Å²) < 4.78 is 27.0. The molecule has 0 fully saturated rings. The molecule has 0 saturated carbocycles. The number of nitrogens with zero attached hydrogens (tertiary/aromatic N) is 1. The van der Waals surface area contributed by atoms with Gasteiger partial charge in [-0.15, -0.1) is 0 Å². The molecule has 0 aliphatic carbocycles. The van der Waals surface area contributed by atoms with Gasteiger partial charge in [0.25, 0.3) is 0 Å². The lowest BCUT2D eigenvalue weighted by Crippen LogP contribution is -2.37. The van der Waals surface area contributed by atoms with Crippen LogP contribution in [0.3, 0.4) is 0 Å². The summed E-state index contributed by atoms with van der Waals surface area (Å²) in [6, 6.07) is 12.4. The standard InChI is InChI=1S/C18H19ClN2O4S/c1-13(22)15-4-3-5-17(12-15)21(14(2)23)11-10-20-26(24,25)18-8-6-16(19)7-9-18/h3-9,12,20H,10-11H2,1-2H3. The van der Waals surface area contributed by atoms with Gasteiger partial charge in [0, 0.05) is 36.3 Å². The van der Waals surface area contributed by atoms with Gasteiger partial charge in [-0.05, 0) is 43.3 Å². The number of anilines is 1. The van der Waals surface area contributed by atoms with Crippen LogP contribution in [0.4, 0.5) is 5.69 Å². The predicted octanol–water partition coefficient (Wildman–Crippen LogP) is 2.87. The highest BCUT2D eigenvalue weighted by atomic mass is 35.5. The number of carbonyl (C=O) groups is 2. The smallest absolute Gasteiger partial charge is 0.240 e. The SMILES string of the molecule is CC(=O)c1cccc(N(CCNS(=O)(=O)c2ccc(Cl)cc2)C(C)=O)c1. The van der Waals surface area contributed by atoms with Crippen LogP contribution in [0.15, 0.2) is 53.4 Å². The largest absolute Gasteiger partial charge is 0.311 e. The molecule has 1 amide bonds. The summed E-state index contributed by atoms with van der Waals surface area (Å²) in [5.74, 6) is -0.366. The number of halogens is 1. The highest BCUT2D eigenvalue weighted by Gasteiger charge is 2.16. The number of Topliss-reactive ketones (excluding diaryl/α,β-unsaturated/α-hetero) is 1. The number of rotatable bonds is 7. The van der Waals surface area contributed by atoms with Crippen molar-refractivity contribution in [2.45, 2.75) is 18.7 Å². The van der Waals surface area contributed by atoms with Crippen LogP contribution in [-0.4, -0.2) is 33.2 Å². The maximum Gasteiger partial charge on any atom is 0.240 e. The van der Waals surface area contributed by atoms with Crippen LogP contribution in [0.5, 0.6) is 0 Å². The lowest BCUT2D eigenvalue weighted by molar-refractivity contribution is -0.116. The maximum atomic E-state index is 12.3. The lowest BCUT2D eigenvalue weighted by atomic mass is 10.1.